The van der Waals surface area contributed by atoms with Crippen molar-refractivity contribution in [3.63, 3.8) is 0 Å². The number of rotatable bonds is 7. The number of ether oxygens (including phenoxy) is 3. The van der Waals surface area contributed by atoms with E-state index in [0.717, 1.165) is 29.7 Å². The topological polar surface area (TPSA) is 94.6 Å². The van der Waals surface area contributed by atoms with Gasteiger partial charge in [0.15, 0.2) is 0 Å². The van der Waals surface area contributed by atoms with Gasteiger partial charge >= 0.3 is 5.97 Å². The van der Waals surface area contributed by atoms with Crippen molar-refractivity contribution in [1.29, 1.82) is 5.26 Å². The van der Waals surface area contributed by atoms with Crippen LogP contribution in [0.5, 0.6) is 17.2 Å². The summed E-state index contributed by atoms with van der Waals surface area (Å²) in [6.07, 6.45) is 1.99. The Labute approximate surface area is 203 Å². The number of esters is 1. The lowest BCUT2D eigenvalue weighted by Gasteiger charge is -2.27. The third-order valence-electron chi connectivity index (χ3n) is 5.44. The Balaban J connectivity index is 1.64. The molecule has 2 N–H and O–H groups in total. The number of halogens is 1. The molecule has 3 aromatic carbocycles. The summed E-state index contributed by atoms with van der Waals surface area (Å²) >= 11 is 5.88. The van der Waals surface area contributed by atoms with Crippen LogP contribution in [0.25, 0.3) is 0 Å². The lowest BCUT2D eigenvalue weighted by atomic mass is 9.83. The molecule has 1 unspecified atom stereocenters. The molecule has 1 aliphatic rings. The highest BCUT2D eigenvalue weighted by molar-refractivity contribution is 6.30. The van der Waals surface area contributed by atoms with Crippen LogP contribution in [0.15, 0.2) is 78.2 Å². The van der Waals surface area contributed by atoms with Gasteiger partial charge in [0, 0.05) is 16.7 Å². The van der Waals surface area contributed by atoms with Crippen molar-refractivity contribution < 1.29 is 19.0 Å². The largest absolute Gasteiger partial charge is 0.494 e. The van der Waals surface area contributed by atoms with Crippen LogP contribution < -0.4 is 19.9 Å². The molecule has 4 rings (SSSR count). The van der Waals surface area contributed by atoms with Crippen molar-refractivity contribution in [3.8, 4) is 23.3 Å². The summed E-state index contributed by atoms with van der Waals surface area (Å²) in [4.78, 5) is 12.5. The second-order valence-corrected chi connectivity index (χ2v) is 8.23. The van der Waals surface area contributed by atoms with Crippen molar-refractivity contribution in [2.24, 2.45) is 5.73 Å². The van der Waals surface area contributed by atoms with Crippen LogP contribution in [0.1, 0.15) is 47.2 Å². The van der Waals surface area contributed by atoms with Crippen LogP contribution in [0.4, 0.5) is 0 Å². The Morgan fingerprint density at radius 1 is 1.12 bits per heavy atom. The first-order chi connectivity index (χ1) is 16.5. The van der Waals surface area contributed by atoms with Crippen molar-refractivity contribution >= 4 is 17.6 Å². The fourth-order valence-electron chi connectivity index (χ4n) is 3.71. The maximum Gasteiger partial charge on any atom is 0.343 e. The summed E-state index contributed by atoms with van der Waals surface area (Å²) in [5, 5.41) is 10.3. The molecule has 0 fully saturated rings. The molecule has 1 heterocycles. The number of fused-ring (bicyclic) bond motifs is 1. The van der Waals surface area contributed by atoms with E-state index in [1.807, 2.05) is 24.3 Å². The minimum Gasteiger partial charge on any atom is -0.494 e. The zero-order valence-electron chi connectivity index (χ0n) is 18.6. The summed E-state index contributed by atoms with van der Waals surface area (Å²) in [5.74, 6) is 0.482. The molecule has 7 heteroatoms. The highest BCUT2D eigenvalue weighted by atomic mass is 35.5. The van der Waals surface area contributed by atoms with Gasteiger partial charge < -0.3 is 19.9 Å². The van der Waals surface area contributed by atoms with Gasteiger partial charge in [0.25, 0.3) is 0 Å². The Morgan fingerprint density at radius 3 is 2.65 bits per heavy atom. The number of carbonyl (C=O) groups excluding carboxylic acids is 1. The summed E-state index contributed by atoms with van der Waals surface area (Å²) < 4.78 is 17.1. The van der Waals surface area contributed by atoms with Gasteiger partial charge in [-0.25, -0.2) is 4.79 Å². The average Bonchev–Trinajstić information content (AvgIpc) is 2.84. The quantitative estimate of drug-likeness (QED) is 0.258. The zero-order valence-corrected chi connectivity index (χ0v) is 19.3. The van der Waals surface area contributed by atoms with Crippen molar-refractivity contribution in [3.05, 3.63) is 99.9 Å². The fraction of sp³-hybridized carbons (Fsp3) is 0.185. The van der Waals surface area contributed by atoms with E-state index < -0.39 is 11.9 Å². The van der Waals surface area contributed by atoms with Crippen molar-refractivity contribution in [2.75, 3.05) is 6.61 Å². The van der Waals surface area contributed by atoms with Gasteiger partial charge in [0.05, 0.1) is 18.1 Å². The van der Waals surface area contributed by atoms with E-state index in [2.05, 4.69) is 13.0 Å². The predicted molar refractivity (Wildman–Crippen MR) is 129 cm³/mol. The molecular formula is C27H23ClN2O4. The molecule has 3 aromatic rings. The maximum atomic E-state index is 12.5. The summed E-state index contributed by atoms with van der Waals surface area (Å²) in [6.45, 7) is 2.72. The van der Waals surface area contributed by atoms with Gasteiger partial charge in [-0.3, -0.25) is 0 Å². The number of hydrogen-bond donors (Lipinski definition) is 1. The summed E-state index contributed by atoms with van der Waals surface area (Å²) in [7, 11) is 0. The monoisotopic (exact) mass is 474 g/mol. The molecule has 0 saturated heterocycles. The lowest BCUT2D eigenvalue weighted by Crippen LogP contribution is -2.21. The second-order valence-electron chi connectivity index (χ2n) is 7.80. The molecule has 6 nitrogen and oxygen atoms in total. The van der Waals surface area contributed by atoms with E-state index in [-0.39, 0.29) is 5.88 Å². The predicted octanol–water partition coefficient (Wildman–Crippen LogP) is 5.96. The Kier molecular flexibility index (Phi) is 7.05. The van der Waals surface area contributed by atoms with Crippen molar-refractivity contribution in [2.45, 2.75) is 25.7 Å². The van der Waals surface area contributed by atoms with E-state index in [1.165, 1.54) is 0 Å². The minimum atomic E-state index is -0.526. The molecule has 1 atom stereocenters. The van der Waals surface area contributed by atoms with Crippen molar-refractivity contribution in [1.82, 2.24) is 0 Å². The van der Waals surface area contributed by atoms with E-state index in [1.54, 1.807) is 42.5 Å². The zero-order chi connectivity index (χ0) is 24.1. The molecule has 0 aromatic heterocycles. The standard InChI is InChI=1S/C27H23ClN2O4/c1-2-3-13-32-20-6-4-5-18(14-20)25-22-12-11-21(15-24(22)34-26(30)23(25)16-29)33-27(31)17-7-9-19(28)10-8-17/h4-12,14-15,25H,2-3,13,30H2,1H3. The highest BCUT2D eigenvalue weighted by Gasteiger charge is 2.31. The maximum absolute atomic E-state index is 12.5. The van der Waals surface area contributed by atoms with Crippen LogP contribution in [0, 0.1) is 11.3 Å². The second kappa shape index (κ2) is 10.3. The van der Waals surface area contributed by atoms with Gasteiger partial charge in [0.2, 0.25) is 5.88 Å². The molecule has 34 heavy (non-hydrogen) atoms. The van der Waals surface area contributed by atoms with Gasteiger partial charge in [0.1, 0.15) is 28.9 Å². The summed E-state index contributed by atoms with van der Waals surface area (Å²) in [6, 6.07) is 21.2. The number of nitrogens with zero attached hydrogens (tertiary/aromatic N) is 1. The number of allylic oxidation sites excluding steroid dienone is 1. The Morgan fingerprint density at radius 2 is 1.91 bits per heavy atom. The van der Waals surface area contributed by atoms with E-state index >= 15 is 0 Å². The molecule has 172 valence electrons. The van der Waals surface area contributed by atoms with E-state index in [9.17, 15) is 10.1 Å². The van der Waals surface area contributed by atoms with Gasteiger partial charge in [-0.15, -0.1) is 0 Å². The molecule has 0 saturated carbocycles. The first kappa shape index (κ1) is 23.2. The molecule has 0 bridgehead atoms. The summed E-state index contributed by atoms with van der Waals surface area (Å²) in [5.41, 5.74) is 8.37. The lowest BCUT2D eigenvalue weighted by molar-refractivity contribution is 0.0734. The fourth-order valence-corrected chi connectivity index (χ4v) is 3.84. The molecule has 0 aliphatic carbocycles. The number of carbonyl (C=O) groups is 1. The SMILES string of the molecule is CCCCOc1cccc(C2C(C#N)=C(N)Oc3cc(OC(=O)c4ccc(Cl)cc4)ccc32)c1. The van der Waals surface area contributed by atoms with Crippen LogP contribution in [0.2, 0.25) is 5.02 Å². The molecule has 0 amide bonds. The average molecular weight is 475 g/mol. The molecule has 0 radical (unpaired) electrons. The number of nitrogens with two attached hydrogens (primary N) is 1. The van der Waals surface area contributed by atoms with Gasteiger partial charge in [-0.05, 0) is 54.4 Å². The first-order valence-electron chi connectivity index (χ1n) is 10.9. The number of benzene rings is 3. The van der Waals surface area contributed by atoms with Crippen LogP contribution in [0.3, 0.4) is 0 Å². The normalized spacial score (nSPS) is 14.6. The van der Waals surface area contributed by atoms with Gasteiger partial charge in [-0.1, -0.05) is 43.1 Å². The van der Waals surface area contributed by atoms with Crippen LogP contribution in [-0.2, 0) is 0 Å². The van der Waals surface area contributed by atoms with Crippen LogP contribution in [-0.4, -0.2) is 12.6 Å². The Hall–Kier alpha value is -3.95. The third-order valence-corrected chi connectivity index (χ3v) is 5.69. The van der Waals surface area contributed by atoms with Crippen LogP contribution >= 0.6 is 11.6 Å². The van der Waals surface area contributed by atoms with E-state index in [4.69, 9.17) is 31.5 Å². The first-order valence-corrected chi connectivity index (χ1v) is 11.3. The smallest absolute Gasteiger partial charge is 0.343 e. The molecule has 1 aliphatic heterocycles. The minimum absolute atomic E-state index is 0.0125. The molecule has 0 spiro atoms. The van der Waals surface area contributed by atoms with Gasteiger partial charge in [-0.2, -0.15) is 5.26 Å². The Bertz CT molecular complexity index is 1280. The third kappa shape index (κ3) is 5.00. The number of unbranched alkanes of at least 4 members (excludes halogenated alkanes) is 1. The number of hydrogen-bond acceptors (Lipinski definition) is 6. The van der Waals surface area contributed by atoms with E-state index in [0.29, 0.717) is 34.3 Å². The molecular weight excluding hydrogens is 452 g/mol. The number of nitriles is 1. The highest BCUT2D eigenvalue weighted by Crippen LogP contribution is 2.44.